The number of nitrogens with zero attached hydrogens (tertiary/aromatic N) is 2. The summed E-state index contributed by atoms with van der Waals surface area (Å²) < 4.78 is 4.96. The van der Waals surface area contributed by atoms with Crippen LogP contribution >= 0.6 is 0 Å². The van der Waals surface area contributed by atoms with Crippen LogP contribution in [-0.2, 0) is 11.2 Å². The van der Waals surface area contributed by atoms with Gasteiger partial charge in [0.15, 0.2) is 0 Å². The number of hydrogen-bond acceptors (Lipinski definition) is 5. The van der Waals surface area contributed by atoms with Gasteiger partial charge in [-0.2, -0.15) is 0 Å². The first kappa shape index (κ1) is 18.4. The van der Waals surface area contributed by atoms with Crippen molar-refractivity contribution in [2.24, 2.45) is 0 Å². The zero-order valence-corrected chi connectivity index (χ0v) is 15.1. The van der Waals surface area contributed by atoms with Gasteiger partial charge in [0.05, 0.1) is 7.11 Å². The topological polar surface area (TPSA) is 84.3 Å². The highest BCUT2D eigenvalue weighted by atomic mass is 16.5. The normalized spacial score (nSPS) is 10.4. The predicted molar refractivity (Wildman–Crippen MR) is 104 cm³/mol. The standard InChI is InChI=1S/C21H21N3O3/c1-27-21-22-13-17(14-23-21)16-7-5-15(6-8-16)3-2-4-20(26)24-18-9-11-19(25)12-10-18/h5-14,25H,2-4H2,1H3,(H,24,26). The van der Waals surface area contributed by atoms with Crippen LogP contribution in [0.5, 0.6) is 11.8 Å². The van der Waals surface area contributed by atoms with Crippen LogP contribution in [0.15, 0.2) is 60.9 Å². The lowest BCUT2D eigenvalue weighted by molar-refractivity contribution is -0.116. The number of aryl methyl sites for hydroxylation is 1. The highest BCUT2D eigenvalue weighted by molar-refractivity contribution is 5.90. The molecule has 27 heavy (non-hydrogen) atoms. The van der Waals surface area contributed by atoms with E-state index < -0.39 is 0 Å². The molecule has 0 atom stereocenters. The number of carbonyl (C=O) groups excluding carboxylic acids is 1. The van der Waals surface area contributed by atoms with E-state index in [1.54, 1.807) is 36.7 Å². The van der Waals surface area contributed by atoms with Crippen LogP contribution in [0.1, 0.15) is 18.4 Å². The van der Waals surface area contributed by atoms with Gasteiger partial charge in [-0.25, -0.2) is 9.97 Å². The largest absolute Gasteiger partial charge is 0.508 e. The molecule has 3 rings (SSSR count). The number of carbonyl (C=O) groups is 1. The summed E-state index contributed by atoms with van der Waals surface area (Å²) in [7, 11) is 1.54. The number of methoxy groups -OCH3 is 1. The van der Waals surface area contributed by atoms with Gasteiger partial charge < -0.3 is 15.2 Å². The third kappa shape index (κ3) is 5.28. The SMILES string of the molecule is COc1ncc(-c2ccc(CCCC(=O)Nc3ccc(O)cc3)cc2)cn1. The van der Waals surface area contributed by atoms with Crippen LogP contribution in [0.25, 0.3) is 11.1 Å². The van der Waals surface area contributed by atoms with E-state index >= 15 is 0 Å². The van der Waals surface area contributed by atoms with Crippen LogP contribution in [-0.4, -0.2) is 28.1 Å². The van der Waals surface area contributed by atoms with Crippen molar-refractivity contribution in [3.8, 4) is 22.9 Å². The van der Waals surface area contributed by atoms with Crippen LogP contribution in [0.2, 0.25) is 0 Å². The fraction of sp³-hybridized carbons (Fsp3) is 0.190. The first-order valence-corrected chi connectivity index (χ1v) is 8.68. The highest BCUT2D eigenvalue weighted by Crippen LogP contribution is 2.20. The number of aromatic hydroxyl groups is 1. The second kappa shape index (κ2) is 8.80. The van der Waals surface area contributed by atoms with Crippen LogP contribution in [0, 0.1) is 0 Å². The second-order valence-electron chi connectivity index (χ2n) is 6.10. The van der Waals surface area contributed by atoms with E-state index in [1.165, 1.54) is 12.7 Å². The lowest BCUT2D eigenvalue weighted by atomic mass is 10.0. The molecule has 138 valence electrons. The maximum absolute atomic E-state index is 12.0. The van der Waals surface area contributed by atoms with Gasteiger partial charge in [0.1, 0.15) is 5.75 Å². The average Bonchev–Trinajstić information content (AvgIpc) is 2.70. The summed E-state index contributed by atoms with van der Waals surface area (Å²) in [6.07, 6.45) is 5.48. The Morgan fingerprint density at radius 3 is 2.30 bits per heavy atom. The summed E-state index contributed by atoms with van der Waals surface area (Å²) in [6.45, 7) is 0. The van der Waals surface area contributed by atoms with Gasteiger partial charge >= 0.3 is 6.01 Å². The van der Waals surface area contributed by atoms with E-state index in [2.05, 4.69) is 27.4 Å². The maximum atomic E-state index is 12.0. The predicted octanol–water partition coefficient (Wildman–Crippen LogP) is 3.82. The summed E-state index contributed by atoms with van der Waals surface area (Å²) in [5.41, 5.74) is 3.82. The Bertz CT molecular complexity index is 876. The highest BCUT2D eigenvalue weighted by Gasteiger charge is 2.04. The fourth-order valence-electron chi connectivity index (χ4n) is 2.66. The number of amides is 1. The van der Waals surface area contributed by atoms with Gasteiger partial charge in [0.2, 0.25) is 5.91 Å². The number of anilines is 1. The molecular weight excluding hydrogens is 342 g/mol. The molecule has 0 radical (unpaired) electrons. The molecule has 2 N–H and O–H groups in total. The number of hydrogen-bond donors (Lipinski definition) is 2. The average molecular weight is 363 g/mol. The van der Waals surface area contributed by atoms with Crippen molar-refractivity contribution in [2.75, 3.05) is 12.4 Å². The Labute approximate surface area is 157 Å². The van der Waals surface area contributed by atoms with E-state index in [-0.39, 0.29) is 11.7 Å². The van der Waals surface area contributed by atoms with Crippen molar-refractivity contribution in [1.29, 1.82) is 0 Å². The molecule has 3 aromatic rings. The van der Waals surface area contributed by atoms with Crippen molar-refractivity contribution in [2.45, 2.75) is 19.3 Å². The molecule has 0 saturated heterocycles. The van der Waals surface area contributed by atoms with E-state index in [1.807, 2.05) is 12.1 Å². The first-order chi connectivity index (χ1) is 13.1. The summed E-state index contributed by atoms with van der Waals surface area (Å²) in [5.74, 6) is 0.144. The number of aromatic nitrogens is 2. The van der Waals surface area contributed by atoms with Gasteiger partial charge in [-0.1, -0.05) is 24.3 Å². The Hall–Kier alpha value is -3.41. The van der Waals surface area contributed by atoms with Crippen molar-refractivity contribution in [1.82, 2.24) is 9.97 Å². The monoisotopic (exact) mass is 363 g/mol. The minimum Gasteiger partial charge on any atom is -0.508 e. The lowest BCUT2D eigenvalue weighted by Crippen LogP contribution is -2.11. The van der Waals surface area contributed by atoms with Crippen LogP contribution in [0.4, 0.5) is 5.69 Å². The molecule has 2 aromatic carbocycles. The molecule has 0 fully saturated rings. The van der Waals surface area contributed by atoms with Gasteiger partial charge in [0, 0.05) is 30.1 Å². The number of phenolic OH excluding ortho intramolecular Hbond substituents is 1. The van der Waals surface area contributed by atoms with Crippen molar-refractivity contribution >= 4 is 11.6 Å². The van der Waals surface area contributed by atoms with Gasteiger partial charge in [-0.05, 0) is 48.2 Å². The molecule has 1 amide bonds. The molecule has 1 heterocycles. The third-order valence-corrected chi connectivity index (χ3v) is 4.12. The quantitative estimate of drug-likeness (QED) is 0.624. The van der Waals surface area contributed by atoms with E-state index in [9.17, 15) is 9.90 Å². The molecule has 0 bridgehead atoms. The second-order valence-corrected chi connectivity index (χ2v) is 6.10. The van der Waals surface area contributed by atoms with Gasteiger partial charge in [-0.3, -0.25) is 4.79 Å². The minimum absolute atomic E-state index is 0.0345. The summed E-state index contributed by atoms with van der Waals surface area (Å²) in [4.78, 5) is 20.2. The summed E-state index contributed by atoms with van der Waals surface area (Å²) >= 11 is 0. The molecular formula is C21H21N3O3. The van der Waals surface area contributed by atoms with Gasteiger partial charge in [-0.15, -0.1) is 0 Å². The first-order valence-electron chi connectivity index (χ1n) is 8.68. The van der Waals surface area contributed by atoms with Crippen LogP contribution < -0.4 is 10.1 Å². The van der Waals surface area contributed by atoms with Crippen molar-refractivity contribution in [3.63, 3.8) is 0 Å². The Kier molecular flexibility index (Phi) is 5.99. The lowest BCUT2D eigenvalue weighted by Gasteiger charge is -2.06. The number of ether oxygens (including phenoxy) is 1. The third-order valence-electron chi connectivity index (χ3n) is 4.12. The summed E-state index contributed by atoms with van der Waals surface area (Å²) in [5, 5.41) is 12.1. The number of rotatable bonds is 7. The molecule has 0 saturated carbocycles. The van der Waals surface area contributed by atoms with E-state index in [4.69, 9.17) is 4.74 Å². The van der Waals surface area contributed by atoms with E-state index in [0.29, 0.717) is 18.1 Å². The Morgan fingerprint density at radius 1 is 1.00 bits per heavy atom. The van der Waals surface area contributed by atoms with E-state index in [0.717, 1.165) is 24.0 Å². The molecule has 1 aromatic heterocycles. The minimum atomic E-state index is -0.0345. The molecule has 0 aliphatic heterocycles. The smallest absolute Gasteiger partial charge is 0.316 e. The molecule has 0 spiro atoms. The van der Waals surface area contributed by atoms with Crippen LogP contribution in [0.3, 0.4) is 0 Å². The number of nitrogens with one attached hydrogen (secondary N) is 1. The molecule has 0 aliphatic rings. The van der Waals surface area contributed by atoms with Crippen molar-refractivity contribution < 1.29 is 14.6 Å². The van der Waals surface area contributed by atoms with Gasteiger partial charge in [0.25, 0.3) is 0 Å². The zero-order chi connectivity index (χ0) is 19.1. The zero-order valence-electron chi connectivity index (χ0n) is 15.1. The molecule has 0 unspecified atom stereocenters. The number of benzene rings is 2. The Morgan fingerprint density at radius 2 is 1.67 bits per heavy atom. The number of phenols is 1. The maximum Gasteiger partial charge on any atom is 0.316 e. The molecule has 6 nitrogen and oxygen atoms in total. The molecule has 6 heteroatoms. The Balaban J connectivity index is 1.48. The fourth-order valence-corrected chi connectivity index (χ4v) is 2.66. The molecule has 0 aliphatic carbocycles. The summed E-state index contributed by atoms with van der Waals surface area (Å²) in [6, 6.07) is 14.9. The van der Waals surface area contributed by atoms with Crippen molar-refractivity contribution in [3.05, 3.63) is 66.5 Å².